The minimum Gasteiger partial charge on any atom is -0.469 e. The predicted octanol–water partition coefficient (Wildman–Crippen LogP) is 2.01. The Morgan fingerprint density at radius 2 is 2.06 bits per heavy atom. The summed E-state index contributed by atoms with van der Waals surface area (Å²) in [6, 6.07) is 1.91. The maximum absolute atomic E-state index is 11.6. The maximum atomic E-state index is 11.6. The summed E-state index contributed by atoms with van der Waals surface area (Å²) in [5.41, 5.74) is 0.941. The highest BCUT2D eigenvalue weighted by Gasteiger charge is 2.25. The van der Waals surface area contributed by atoms with E-state index in [1.807, 2.05) is 16.8 Å². The van der Waals surface area contributed by atoms with Crippen molar-refractivity contribution in [1.82, 2.24) is 0 Å². The van der Waals surface area contributed by atoms with E-state index < -0.39 is 6.29 Å². The molecule has 5 heteroatoms. The topological polar surface area (TPSA) is 44.8 Å². The third kappa shape index (κ3) is 3.30. The third-order valence-electron chi connectivity index (χ3n) is 2.39. The largest absolute Gasteiger partial charge is 0.469 e. The zero-order valence-corrected chi connectivity index (χ0v) is 10.5. The third-order valence-corrected chi connectivity index (χ3v) is 3.09. The maximum Gasteiger partial charge on any atom is 0.313 e. The van der Waals surface area contributed by atoms with Crippen molar-refractivity contribution in [1.29, 1.82) is 0 Å². The highest BCUT2D eigenvalue weighted by molar-refractivity contribution is 7.08. The average molecular weight is 244 g/mol. The summed E-state index contributed by atoms with van der Waals surface area (Å²) >= 11 is 1.55. The molecule has 0 spiro atoms. The summed E-state index contributed by atoms with van der Waals surface area (Å²) in [6.45, 7) is 0. The number of hydrogen-bond donors (Lipinski definition) is 0. The zero-order valence-electron chi connectivity index (χ0n) is 9.64. The fraction of sp³-hybridized carbons (Fsp3) is 0.545. The number of esters is 1. The summed E-state index contributed by atoms with van der Waals surface area (Å²) in [5.74, 6) is -0.598. The number of thiophene rings is 1. The molecule has 1 aromatic rings. The molecule has 0 aliphatic rings. The van der Waals surface area contributed by atoms with Crippen LogP contribution in [0.5, 0.6) is 0 Å². The number of carbonyl (C=O) groups excluding carboxylic acids is 1. The van der Waals surface area contributed by atoms with Crippen LogP contribution in [-0.2, 0) is 19.0 Å². The molecule has 0 saturated carbocycles. The molecule has 1 rings (SSSR count). The summed E-state index contributed by atoms with van der Waals surface area (Å²) in [4.78, 5) is 11.6. The van der Waals surface area contributed by atoms with Gasteiger partial charge in [-0.25, -0.2) is 0 Å². The molecule has 0 N–H and O–H groups in total. The van der Waals surface area contributed by atoms with Crippen LogP contribution < -0.4 is 0 Å². The Labute approximate surface area is 99.1 Å². The first-order valence-electron chi connectivity index (χ1n) is 4.88. The molecule has 1 heterocycles. The van der Waals surface area contributed by atoms with Gasteiger partial charge < -0.3 is 14.2 Å². The predicted molar refractivity (Wildman–Crippen MR) is 61.5 cm³/mol. The SMILES string of the molecule is COC(=O)[C@@H](CC(OC)OC)c1ccsc1. The molecule has 0 saturated heterocycles. The lowest BCUT2D eigenvalue weighted by molar-refractivity contribution is -0.149. The first kappa shape index (κ1) is 13.2. The van der Waals surface area contributed by atoms with Crippen molar-refractivity contribution in [3.05, 3.63) is 22.4 Å². The molecule has 0 radical (unpaired) electrons. The molecule has 4 nitrogen and oxygen atoms in total. The van der Waals surface area contributed by atoms with E-state index in [4.69, 9.17) is 14.2 Å². The van der Waals surface area contributed by atoms with E-state index in [9.17, 15) is 4.79 Å². The first-order valence-corrected chi connectivity index (χ1v) is 5.82. The van der Waals surface area contributed by atoms with E-state index in [1.165, 1.54) is 7.11 Å². The van der Waals surface area contributed by atoms with Crippen molar-refractivity contribution in [2.24, 2.45) is 0 Å². The average Bonchev–Trinajstić information content (AvgIpc) is 2.83. The van der Waals surface area contributed by atoms with Gasteiger partial charge in [-0.15, -0.1) is 0 Å². The Kier molecular flexibility index (Phi) is 5.45. The van der Waals surface area contributed by atoms with E-state index in [-0.39, 0.29) is 11.9 Å². The number of carbonyl (C=O) groups is 1. The minimum atomic E-state index is -0.399. The van der Waals surface area contributed by atoms with Gasteiger partial charge in [-0.3, -0.25) is 4.79 Å². The molecule has 0 aliphatic carbocycles. The van der Waals surface area contributed by atoms with Crippen LogP contribution in [0.2, 0.25) is 0 Å². The molecule has 90 valence electrons. The van der Waals surface area contributed by atoms with Crippen LogP contribution in [0.25, 0.3) is 0 Å². The van der Waals surface area contributed by atoms with E-state index in [0.717, 1.165) is 5.56 Å². The van der Waals surface area contributed by atoms with Crippen LogP contribution in [0.4, 0.5) is 0 Å². The molecule has 16 heavy (non-hydrogen) atoms. The first-order chi connectivity index (χ1) is 7.72. The second kappa shape index (κ2) is 6.62. The van der Waals surface area contributed by atoms with Gasteiger partial charge in [-0.1, -0.05) is 0 Å². The fourth-order valence-electron chi connectivity index (χ4n) is 1.47. The molecule has 0 unspecified atom stereocenters. The molecule has 0 amide bonds. The molecule has 0 aliphatic heterocycles. The summed E-state index contributed by atoms with van der Waals surface area (Å²) in [6.07, 6.45) is 0.0557. The molecule has 0 fully saturated rings. The van der Waals surface area contributed by atoms with Crippen LogP contribution in [0.1, 0.15) is 17.9 Å². The van der Waals surface area contributed by atoms with Crippen LogP contribution in [0.3, 0.4) is 0 Å². The van der Waals surface area contributed by atoms with Crippen molar-refractivity contribution in [2.45, 2.75) is 18.6 Å². The summed E-state index contributed by atoms with van der Waals surface area (Å²) < 4.78 is 15.0. The van der Waals surface area contributed by atoms with Gasteiger partial charge in [0.1, 0.15) is 0 Å². The monoisotopic (exact) mass is 244 g/mol. The Balaban J connectivity index is 2.76. The standard InChI is InChI=1S/C11H16O4S/c1-13-10(14-2)6-9(11(12)15-3)8-4-5-16-7-8/h4-5,7,9-10H,6H2,1-3H3/t9-/m0/s1. The lowest BCUT2D eigenvalue weighted by Gasteiger charge is -2.19. The second-order valence-electron chi connectivity index (χ2n) is 3.27. The van der Waals surface area contributed by atoms with Crippen LogP contribution in [-0.4, -0.2) is 33.6 Å². The van der Waals surface area contributed by atoms with Crippen molar-refractivity contribution >= 4 is 17.3 Å². The fourth-order valence-corrected chi connectivity index (χ4v) is 2.18. The number of methoxy groups -OCH3 is 3. The lowest BCUT2D eigenvalue weighted by atomic mass is 9.98. The smallest absolute Gasteiger partial charge is 0.313 e. The van der Waals surface area contributed by atoms with Crippen LogP contribution >= 0.6 is 11.3 Å². The van der Waals surface area contributed by atoms with E-state index >= 15 is 0 Å². The highest BCUT2D eigenvalue weighted by atomic mass is 32.1. The Morgan fingerprint density at radius 3 is 2.50 bits per heavy atom. The van der Waals surface area contributed by atoms with Crippen LogP contribution in [0.15, 0.2) is 16.8 Å². The normalized spacial score (nSPS) is 12.8. The van der Waals surface area contributed by atoms with Gasteiger partial charge in [-0.05, 0) is 22.4 Å². The van der Waals surface area contributed by atoms with E-state index in [1.54, 1.807) is 25.6 Å². The molecule has 0 bridgehead atoms. The van der Waals surface area contributed by atoms with Crippen molar-refractivity contribution in [2.75, 3.05) is 21.3 Å². The molecule has 1 aromatic heterocycles. The highest BCUT2D eigenvalue weighted by Crippen LogP contribution is 2.25. The van der Waals surface area contributed by atoms with Gasteiger partial charge in [0, 0.05) is 20.6 Å². The zero-order chi connectivity index (χ0) is 12.0. The summed E-state index contributed by atoms with van der Waals surface area (Å²) in [5, 5.41) is 3.86. The van der Waals surface area contributed by atoms with Gasteiger partial charge in [0.2, 0.25) is 0 Å². The van der Waals surface area contributed by atoms with Gasteiger partial charge >= 0.3 is 5.97 Å². The van der Waals surface area contributed by atoms with Gasteiger partial charge in [0.15, 0.2) is 6.29 Å². The van der Waals surface area contributed by atoms with Crippen molar-refractivity contribution < 1.29 is 19.0 Å². The molecular formula is C11H16O4S. The Hall–Kier alpha value is -0.910. The quantitative estimate of drug-likeness (QED) is 0.567. The van der Waals surface area contributed by atoms with Gasteiger partial charge in [-0.2, -0.15) is 11.3 Å². The van der Waals surface area contributed by atoms with Crippen LogP contribution in [0, 0.1) is 0 Å². The van der Waals surface area contributed by atoms with Crippen molar-refractivity contribution in [3.63, 3.8) is 0 Å². The second-order valence-corrected chi connectivity index (χ2v) is 4.05. The summed E-state index contributed by atoms with van der Waals surface area (Å²) in [7, 11) is 4.49. The Morgan fingerprint density at radius 1 is 1.38 bits per heavy atom. The van der Waals surface area contributed by atoms with Gasteiger partial charge in [0.05, 0.1) is 13.0 Å². The van der Waals surface area contributed by atoms with Gasteiger partial charge in [0.25, 0.3) is 0 Å². The molecular weight excluding hydrogens is 228 g/mol. The van der Waals surface area contributed by atoms with E-state index in [2.05, 4.69) is 0 Å². The Bertz CT molecular complexity index is 306. The minimum absolute atomic E-state index is 0.266. The molecule has 1 atom stereocenters. The molecule has 0 aromatic carbocycles. The van der Waals surface area contributed by atoms with E-state index in [0.29, 0.717) is 6.42 Å². The lowest BCUT2D eigenvalue weighted by Crippen LogP contribution is -2.22. The number of ether oxygens (including phenoxy) is 3. The van der Waals surface area contributed by atoms with Crippen molar-refractivity contribution in [3.8, 4) is 0 Å². The number of hydrogen-bond acceptors (Lipinski definition) is 5. The number of rotatable bonds is 6.